The summed E-state index contributed by atoms with van der Waals surface area (Å²) in [6, 6.07) is 0. The quantitative estimate of drug-likeness (QED) is 0.587. The molecular weight excluding hydrogens is 224 g/mol. The van der Waals surface area contributed by atoms with Gasteiger partial charge in [-0.05, 0) is 0 Å². The predicted octanol–water partition coefficient (Wildman–Crippen LogP) is -1.53. The van der Waals surface area contributed by atoms with Gasteiger partial charge in [0.05, 0.1) is 19.3 Å². The number of nitrogens with one attached hydrogen (secondary N) is 1. The van der Waals surface area contributed by atoms with E-state index in [9.17, 15) is 18.0 Å². The van der Waals surface area contributed by atoms with Crippen molar-refractivity contribution in [2.24, 2.45) is 5.92 Å². The zero-order chi connectivity index (χ0) is 11.6. The molecule has 0 aromatic carbocycles. The Morgan fingerprint density at radius 1 is 1.60 bits per heavy atom. The van der Waals surface area contributed by atoms with Crippen molar-refractivity contribution in [2.75, 3.05) is 19.9 Å². The molecule has 0 radical (unpaired) electrons. The monoisotopic (exact) mass is 236 g/mol. The maximum absolute atomic E-state index is 11.2. The third kappa shape index (κ3) is 2.90. The second-order valence-electron chi connectivity index (χ2n) is 3.25. The SMILES string of the molecule is COC(=O)C1CC(=O)NN(S(C)(=O)=O)C1. The maximum Gasteiger partial charge on any atom is 0.310 e. The Hall–Kier alpha value is -1.15. The molecule has 1 aliphatic heterocycles. The molecule has 0 bridgehead atoms. The molecule has 15 heavy (non-hydrogen) atoms. The van der Waals surface area contributed by atoms with Gasteiger partial charge in [0.25, 0.3) is 0 Å². The lowest BCUT2D eigenvalue weighted by atomic mass is 10.0. The van der Waals surface area contributed by atoms with Crippen molar-refractivity contribution in [3.63, 3.8) is 0 Å². The van der Waals surface area contributed by atoms with E-state index in [2.05, 4.69) is 10.2 Å². The van der Waals surface area contributed by atoms with E-state index in [-0.39, 0.29) is 13.0 Å². The molecule has 0 aromatic heterocycles. The standard InChI is InChI=1S/C7H12N2O5S/c1-14-7(11)5-3-6(10)8-9(4-5)15(2,12)13/h5H,3-4H2,1-2H3,(H,8,10). The van der Waals surface area contributed by atoms with Crippen molar-refractivity contribution in [2.45, 2.75) is 6.42 Å². The maximum atomic E-state index is 11.2. The van der Waals surface area contributed by atoms with Crippen LogP contribution in [0.5, 0.6) is 0 Å². The van der Waals surface area contributed by atoms with Gasteiger partial charge < -0.3 is 4.74 Å². The summed E-state index contributed by atoms with van der Waals surface area (Å²) in [5.74, 6) is -1.83. The van der Waals surface area contributed by atoms with Crippen LogP contribution in [-0.4, -0.2) is 44.6 Å². The number of nitrogens with zero attached hydrogens (tertiary/aromatic N) is 1. The topological polar surface area (TPSA) is 92.8 Å². The predicted molar refractivity (Wildman–Crippen MR) is 49.8 cm³/mol. The Kier molecular flexibility index (Phi) is 3.30. The first-order valence-corrected chi connectivity index (χ1v) is 6.04. The lowest BCUT2D eigenvalue weighted by Crippen LogP contribution is -2.54. The highest BCUT2D eigenvalue weighted by atomic mass is 32.2. The zero-order valence-electron chi connectivity index (χ0n) is 8.39. The molecule has 1 fully saturated rings. The Bertz CT molecular complexity index is 377. The minimum atomic E-state index is -3.54. The molecule has 1 saturated heterocycles. The van der Waals surface area contributed by atoms with Crippen molar-refractivity contribution >= 4 is 21.9 Å². The van der Waals surface area contributed by atoms with Crippen LogP contribution in [0.1, 0.15) is 6.42 Å². The van der Waals surface area contributed by atoms with Gasteiger partial charge in [0.15, 0.2) is 0 Å². The van der Waals surface area contributed by atoms with Crippen LogP contribution in [0.25, 0.3) is 0 Å². The molecule has 1 aliphatic rings. The summed E-state index contributed by atoms with van der Waals surface area (Å²) in [7, 11) is -2.35. The van der Waals surface area contributed by atoms with E-state index in [0.717, 1.165) is 10.7 Å². The lowest BCUT2D eigenvalue weighted by Gasteiger charge is -2.29. The van der Waals surface area contributed by atoms with E-state index in [1.54, 1.807) is 0 Å². The molecule has 7 nitrogen and oxygen atoms in total. The normalized spacial score (nSPS) is 23.3. The van der Waals surface area contributed by atoms with Gasteiger partial charge in [-0.3, -0.25) is 15.0 Å². The highest BCUT2D eigenvalue weighted by molar-refractivity contribution is 7.88. The van der Waals surface area contributed by atoms with Crippen molar-refractivity contribution in [3.8, 4) is 0 Å². The van der Waals surface area contributed by atoms with E-state index in [1.165, 1.54) is 7.11 Å². The smallest absolute Gasteiger partial charge is 0.310 e. The van der Waals surface area contributed by atoms with Crippen LogP contribution in [0.3, 0.4) is 0 Å². The minimum absolute atomic E-state index is 0.0569. The van der Waals surface area contributed by atoms with Crippen molar-refractivity contribution < 1.29 is 22.7 Å². The van der Waals surface area contributed by atoms with Crippen molar-refractivity contribution in [1.29, 1.82) is 0 Å². The number of esters is 1. The molecule has 0 aliphatic carbocycles. The third-order valence-corrected chi connectivity index (χ3v) is 3.04. The fourth-order valence-corrected chi connectivity index (χ4v) is 1.98. The second-order valence-corrected chi connectivity index (χ2v) is 5.16. The number of sulfonamides is 1. The summed E-state index contributed by atoms with van der Waals surface area (Å²) in [6.45, 7) is -0.0861. The summed E-state index contributed by atoms with van der Waals surface area (Å²) in [4.78, 5) is 22.3. The van der Waals surface area contributed by atoms with Crippen LogP contribution < -0.4 is 5.43 Å². The summed E-state index contributed by atoms with van der Waals surface area (Å²) < 4.78 is 27.5. The number of methoxy groups -OCH3 is 1. The summed E-state index contributed by atoms with van der Waals surface area (Å²) >= 11 is 0. The lowest BCUT2D eigenvalue weighted by molar-refractivity contribution is -0.150. The number of carbonyl (C=O) groups excluding carboxylic acids is 2. The van der Waals surface area contributed by atoms with Gasteiger partial charge in [-0.15, -0.1) is 4.41 Å². The molecule has 1 amide bonds. The van der Waals surface area contributed by atoms with Gasteiger partial charge in [0.1, 0.15) is 0 Å². The van der Waals surface area contributed by atoms with Crippen LogP contribution in [0, 0.1) is 5.92 Å². The van der Waals surface area contributed by atoms with E-state index in [4.69, 9.17) is 0 Å². The molecule has 0 saturated carbocycles. The van der Waals surface area contributed by atoms with Gasteiger partial charge in [0, 0.05) is 13.0 Å². The first-order chi connectivity index (χ1) is 6.84. The Labute approximate surface area is 87.4 Å². The van der Waals surface area contributed by atoms with Gasteiger partial charge >= 0.3 is 5.97 Å². The van der Waals surface area contributed by atoms with Crippen molar-refractivity contribution in [3.05, 3.63) is 0 Å². The van der Waals surface area contributed by atoms with Gasteiger partial charge in [-0.25, -0.2) is 8.42 Å². The number of hydrogen-bond donors (Lipinski definition) is 1. The Morgan fingerprint density at radius 2 is 2.20 bits per heavy atom. The van der Waals surface area contributed by atoms with Crippen LogP contribution >= 0.6 is 0 Å². The minimum Gasteiger partial charge on any atom is -0.469 e. The van der Waals surface area contributed by atoms with Gasteiger partial charge in [-0.1, -0.05) is 0 Å². The fraction of sp³-hybridized carbons (Fsp3) is 0.714. The highest BCUT2D eigenvalue weighted by Gasteiger charge is 2.34. The largest absolute Gasteiger partial charge is 0.469 e. The van der Waals surface area contributed by atoms with E-state index >= 15 is 0 Å². The number of rotatable bonds is 2. The molecule has 1 atom stereocenters. The molecular formula is C7H12N2O5S. The Morgan fingerprint density at radius 3 is 2.67 bits per heavy atom. The van der Waals surface area contributed by atoms with Crippen molar-refractivity contribution in [1.82, 2.24) is 9.84 Å². The summed E-state index contributed by atoms with van der Waals surface area (Å²) in [5.41, 5.74) is 2.16. The molecule has 8 heteroatoms. The number of amides is 1. The van der Waals surface area contributed by atoms with Gasteiger partial charge in [-0.2, -0.15) is 0 Å². The number of ether oxygens (including phenoxy) is 1. The number of carbonyl (C=O) groups is 2. The van der Waals surface area contributed by atoms with E-state index in [1.807, 2.05) is 0 Å². The average molecular weight is 236 g/mol. The molecule has 1 N–H and O–H groups in total. The third-order valence-electron chi connectivity index (χ3n) is 2.00. The molecule has 86 valence electrons. The summed E-state index contributed by atoms with van der Waals surface area (Å²) in [5, 5.41) is 0. The molecule has 0 spiro atoms. The van der Waals surface area contributed by atoms with Crippen LogP contribution in [0.15, 0.2) is 0 Å². The first-order valence-electron chi connectivity index (χ1n) is 4.19. The van der Waals surface area contributed by atoms with Crippen LogP contribution in [0.4, 0.5) is 0 Å². The average Bonchev–Trinajstić information content (AvgIpc) is 2.14. The Balaban J connectivity index is 2.81. The number of hydrazine groups is 1. The van der Waals surface area contributed by atoms with Gasteiger partial charge in [0.2, 0.25) is 15.9 Å². The molecule has 1 unspecified atom stereocenters. The number of hydrogen-bond acceptors (Lipinski definition) is 5. The van der Waals surface area contributed by atoms with Crippen LogP contribution in [-0.2, 0) is 24.3 Å². The van der Waals surface area contributed by atoms with E-state index in [0.29, 0.717) is 0 Å². The fourth-order valence-electron chi connectivity index (χ4n) is 1.26. The molecule has 1 heterocycles. The highest BCUT2D eigenvalue weighted by Crippen LogP contribution is 2.14. The second kappa shape index (κ2) is 4.15. The molecule has 0 aromatic rings. The zero-order valence-corrected chi connectivity index (χ0v) is 9.20. The van der Waals surface area contributed by atoms with E-state index < -0.39 is 27.8 Å². The summed E-state index contributed by atoms with van der Waals surface area (Å²) in [6.07, 6.45) is 0.894. The first kappa shape index (κ1) is 11.9. The van der Waals surface area contributed by atoms with Crippen LogP contribution in [0.2, 0.25) is 0 Å². The molecule has 1 rings (SSSR count).